The monoisotopic (exact) mass is 329 g/mol. The molecule has 1 nitrogen and oxygen atoms in total. The Hall–Kier alpha value is -2.67. The van der Waals surface area contributed by atoms with Gasteiger partial charge in [0.2, 0.25) is 0 Å². The van der Waals surface area contributed by atoms with E-state index in [1.165, 1.54) is 16.7 Å². The Morgan fingerprint density at radius 3 is 2.28 bits per heavy atom. The molecule has 0 unspecified atom stereocenters. The van der Waals surface area contributed by atoms with Gasteiger partial charge in [0.05, 0.1) is 5.69 Å². The first kappa shape index (κ1) is 17.2. The summed E-state index contributed by atoms with van der Waals surface area (Å²) >= 11 is 0. The zero-order valence-corrected chi connectivity index (χ0v) is 15.3. The fourth-order valence-corrected chi connectivity index (χ4v) is 3.28. The molecular formula is C24H27N. The molecule has 0 radical (unpaired) electrons. The molecule has 0 fully saturated rings. The topological polar surface area (TPSA) is 12.9 Å². The summed E-state index contributed by atoms with van der Waals surface area (Å²) in [6.07, 6.45) is 2.77. The molecule has 0 spiro atoms. The number of aromatic nitrogens is 1. The highest BCUT2D eigenvalue weighted by atomic mass is 14.7. The van der Waals surface area contributed by atoms with Crippen LogP contribution in [0.1, 0.15) is 38.4 Å². The average molecular weight is 329 g/mol. The third-order valence-electron chi connectivity index (χ3n) is 4.79. The van der Waals surface area contributed by atoms with Crippen LogP contribution in [0.3, 0.4) is 0 Å². The second-order valence-electron chi connectivity index (χ2n) is 7.28. The SMILES string of the molecule is C=C(CC(C)(C)c1ccccc1)c1ccc(-c2ncccc2C)cc1.[HH]. The second kappa shape index (κ2) is 7.06. The first-order chi connectivity index (χ1) is 12.0. The number of nitrogens with zero attached hydrogens (tertiary/aromatic N) is 1. The normalized spacial score (nSPS) is 11.3. The molecule has 0 atom stereocenters. The lowest BCUT2D eigenvalue weighted by Crippen LogP contribution is -2.17. The van der Waals surface area contributed by atoms with Crippen LogP contribution in [0.15, 0.2) is 79.5 Å². The largest absolute Gasteiger partial charge is 0.256 e. The fourth-order valence-electron chi connectivity index (χ4n) is 3.28. The number of hydrogen-bond donors (Lipinski definition) is 0. The maximum atomic E-state index is 4.50. The molecule has 0 saturated heterocycles. The highest BCUT2D eigenvalue weighted by Crippen LogP contribution is 2.34. The third-order valence-corrected chi connectivity index (χ3v) is 4.79. The van der Waals surface area contributed by atoms with Crippen molar-refractivity contribution in [2.24, 2.45) is 0 Å². The van der Waals surface area contributed by atoms with Gasteiger partial charge in [-0.05, 0) is 47.1 Å². The van der Waals surface area contributed by atoms with E-state index in [1.54, 1.807) is 0 Å². The number of allylic oxidation sites excluding steroid dienone is 1. The summed E-state index contributed by atoms with van der Waals surface area (Å²) in [5.74, 6) is 0. The minimum Gasteiger partial charge on any atom is -0.256 e. The molecule has 0 saturated carbocycles. The van der Waals surface area contributed by atoms with Crippen LogP contribution in [0.5, 0.6) is 0 Å². The average Bonchev–Trinajstić information content (AvgIpc) is 2.63. The summed E-state index contributed by atoms with van der Waals surface area (Å²) in [6, 6.07) is 23.3. The molecule has 1 aromatic heterocycles. The lowest BCUT2D eigenvalue weighted by atomic mass is 9.78. The van der Waals surface area contributed by atoms with Gasteiger partial charge in [-0.15, -0.1) is 0 Å². The highest BCUT2D eigenvalue weighted by molar-refractivity contribution is 5.69. The number of benzene rings is 2. The minimum absolute atomic E-state index is 0. The molecule has 0 aliphatic carbocycles. The van der Waals surface area contributed by atoms with Gasteiger partial charge in [-0.25, -0.2) is 0 Å². The van der Waals surface area contributed by atoms with Crippen LogP contribution >= 0.6 is 0 Å². The molecule has 0 aliphatic heterocycles. The molecule has 3 aromatic rings. The molecule has 0 bridgehead atoms. The minimum atomic E-state index is 0. The summed E-state index contributed by atoms with van der Waals surface area (Å²) in [7, 11) is 0. The summed E-state index contributed by atoms with van der Waals surface area (Å²) in [5.41, 5.74) is 7.16. The molecule has 128 valence electrons. The van der Waals surface area contributed by atoms with Gasteiger partial charge < -0.3 is 0 Å². The van der Waals surface area contributed by atoms with Gasteiger partial charge in [-0.1, -0.05) is 81.1 Å². The summed E-state index contributed by atoms with van der Waals surface area (Å²) in [5, 5.41) is 0. The van der Waals surface area contributed by atoms with Crippen LogP contribution < -0.4 is 0 Å². The lowest BCUT2D eigenvalue weighted by molar-refractivity contribution is 0.542. The van der Waals surface area contributed by atoms with Crippen LogP contribution in [0, 0.1) is 6.92 Å². The maximum Gasteiger partial charge on any atom is 0.0731 e. The zero-order chi connectivity index (χ0) is 17.9. The van der Waals surface area contributed by atoms with Crippen molar-refractivity contribution in [1.82, 2.24) is 4.98 Å². The van der Waals surface area contributed by atoms with E-state index in [1.807, 2.05) is 12.3 Å². The van der Waals surface area contributed by atoms with Crippen molar-refractivity contribution in [1.29, 1.82) is 0 Å². The molecule has 25 heavy (non-hydrogen) atoms. The summed E-state index contributed by atoms with van der Waals surface area (Å²) in [4.78, 5) is 4.50. The Bertz CT molecular complexity index is 864. The highest BCUT2D eigenvalue weighted by Gasteiger charge is 2.21. The molecule has 3 rings (SSSR count). The Morgan fingerprint density at radius 2 is 1.64 bits per heavy atom. The molecule has 1 heteroatoms. The van der Waals surface area contributed by atoms with Crippen molar-refractivity contribution < 1.29 is 1.43 Å². The van der Waals surface area contributed by atoms with E-state index in [4.69, 9.17) is 0 Å². The van der Waals surface area contributed by atoms with Gasteiger partial charge in [-0.3, -0.25) is 4.98 Å². The first-order valence-corrected chi connectivity index (χ1v) is 8.73. The van der Waals surface area contributed by atoms with Gasteiger partial charge in [0.25, 0.3) is 0 Å². The van der Waals surface area contributed by atoms with Gasteiger partial charge in [0.15, 0.2) is 0 Å². The Labute approximate surface area is 152 Å². The number of pyridine rings is 1. The predicted molar refractivity (Wildman–Crippen MR) is 110 cm³/mol. The van der Waals surface area contributed by atoms with Gasteiger partial charge in [0.1, 0.15) is 0 Å². The smallest absolute Gasteiger partial charge is 0.0731 e. The van der Waals surface area contributed by atoms with Gasteiger partial charge in [0, 0.05) is 13.2 Å². The van der Waals surface area contributed by atoms with Crippen molar-refractivity contribution in [3.05, 3.63) is 96.2 Å². The standard InChI is InChI=1S/C24H25N.H2/c1-18-9-8-16-25-23(18)21-14-12-20(13-15-21)19(2)17-24(3,4)22-10-6-5-7-11-22;/h5-16H,2,17H2,1,3-4H3;1H. The second-order valence-corrected chi connectivity index (χ2v) is 7.28. The Kier molecular flexibility index (Phi) is 4.85. The molecular weight excluding hydrogens is 302 g/mol. The number of aryl methyl sites for hydroxylation is 1. The maximum absolute atomic E-state index is 4.50. The van der Waals surface area contributed by atoms with E-state index in [-0.39, 0.29) is 6.84 Å². The van der Waals surface area contributed by atoms with Crippen LogP contribution in [-0.4, -0.2) is 4.98 Å². The van der Waals surface area contributed by atoms with E-state index in [0.717, 1.165) is 23.3 Å². The molecule has 2 aromatic carbocycles. The van der Waals surface area contributed by atoms with Crippen molar-refractivity contribution in [2.75, 3.05) is 0 Å². The lowest BCUT2D eigenvalue weighted by Gasteiger charge is -2.26. The molecule has 0 amide bonds. The summed E-state index contributed by atoms with van der Waals surface area (Å²) in [6.45, 7) is 11.0. The van der Waals surface area contributed by atoms with E-state index >= 15 is 0 Å². The molecule has 0 aliphatic rings. The van der Waals surface area contributed by atoms with E-state index < -0.39 is 0 Å². The predicted octanol–water partition coefficient (Wildman–Crippen LogP) is 6.68. The van der Waals surface area contributed by atoms with Gasteiger partial charge >= 0.3 is 0 Å². The zero-order valence-electron chi connectivity index (χ0n) is 15.3. The van der Waals surface area contributed by atoms with Crippen LogP contribution in [0.25, 0.3) is 16.8 Å². The first-order valence-electron chi connectivity index (χ1n) is 8.73. The van der Waals surface area contributed by atoms with Crippen molar-refractivity contribution >= 4 is 5.57 Å². The Balaban J connectivity index is 0.00000243. The summed E-state index contributed by atoms with van der Waals surface area (Å²) < 4.78 is 0. The fraction of sp³-hybridized carbons (Fsp3) is 0.208. The van der Waals surface area contributed by atoms with Crippen LogP contribution in [0.2, 0.25) is 0 Å². The van der Waals surface area contributed by atoms with Crippen molar-refractivity contribution in [3.8, 4) is 11.3 Å². The van der Waals surface area contributed by atoms with E-state index in [2.05, 4.69) is 93.0 Å². The molecule has 0 N–H and O–H groups in total. The molecule has 1 heterocycles. The third kappa shape index (κ3) is 3.88. The number of rotatable bonds is 5. The van der Waals surface area contributed by atoms with Crippen LogP contribution in [-0.2, 0) is 5.41 Å². The van der Waals surface area contributed by atoms with Crippen molar-refractivity contribution in [2.45, 2.75) is 32.6 Å². The van der Waals surface area contributed by atoms with Crippen LogP contribution in [0.4, 0.5) is 0 Å². The number of hydrogen-bond acceptors (Lipinski definition) is 1. The van der Waals surface area contributed by atoms with E-state index in [9.17, 15) is 0 Å². The van der Waals surface area contributed by atoms with Crippen molar-refractivity contribution in [3.63, 3.8) is 0 Å². The quantitative estimate of drug-likeness (QED) is 0.508. The van der Waals surface area contributed by atoms with Gasteiger partial charge in [-0.2, -0.15) is 0 Å². The Morgan fingerprint density at radius 1 is 0.960 bits per heavy atom. The van der Waals surface area contributed by atoms with E-state index in [0.29, 0.717) is 0 Å².